The summed E-state index contributed by atoms with van der Waals surface area (Å²) in [5.41, 5.74) is 5.66. The molecule has 0 spiro atoms. The molecule has 0 bridgehead atoms. The molecule has 180 valence electrons. The summed E-state index contributed by atoms with van der Waals surface area (Å²) in [5.74, 6) is 0. The fraction of sp³-hybridized carbons (Fsp3) is 0.357. The predicted molar refractivity (Wildman–Crippen MR) is 143 cm³/mol. The molecule has 1 N–H and O–H groups in total. The van der Waals surface area contributed by atoms with Gasteiger partial charge < -0.3 is 4.23 Å². The van der Waals surface area contributed by atoms with Crippen molar-refractivity contribution in [3.8, 4) is 0 Å². The van der Waals surface area contributed by atoms with Crippen LogP contribution >= 0.6 is 0 Å². The third kappa shape index (κ3) is 4.59. The third-order valence-corrected chi connectivity index (χ3v) is 14.2. The minimum Gasteiger partial charge on any atom is -0.373 e. The van der Waals surface area contributed by atoms with Gasteiger partial charge in [0.05, 0.1) is 10.9 Å². The van der Waals surface area contributed by atoms with E-state index < -0.39 is 24.3 Å². The molecule has 2 aromatic carbocycles. The average molecular weight is 493 g/mol. The molecule has 0 aliphatic heterocycles. The molecule has 0 amide bonds. The molecule has 4 nitrogen and oxygen atoms in total. The molecule has 0 saturated carbocycles. The predicted octanol–water partition coefficient (Wildman–Crippen LogP) is 6.37. The summed E-state index contributed by atoms with van der Waals surface area (Å²) in [6.45, 7) is 13.7. The summed E-state index contributed by atoms with van der Waals surface area (Å²) in [7, 11) is -5.80. The largest absolute Gasteiger partial charge is 0.373 e. The summed E-state index contributed by atoms with van der Waals surface area (Å²) in [6, 6.07) is 18.8. The van der Waals surface area contributed by atoms with Crippen molar-refractivity contribution in [2.24, 2.45) is 0 Å². The maximum Gasteiger partial charge on any atom is 0.241 e. The van der Waals surface area contributed by atoms with E-state index in [4.69, 9.17) is 0 Å². The van der Waals surface area contributed by atoms with E-state index in [0.717, 1.165) is 29.7 Å². The van der Waals surface area contributed by atoms with E-state index in [1.54, 1.807) is 12.1 Å². The van der Waals surface area contributed by atoms with Gasteiger partial charge in [0.15, 0.2) is 8.24 Å². The number of fused-ring (bicyclic) bond motifs is 1. The third-order valence-electron chi connectivity index (χ3n) is 7.46. The van der Waals surface area contributed by atoms with Gasteiger partial charge in [0.25, 0.3) is 0 Å². The second-order valence-corrected chi connectivity index (χ2v) is 17.6. The molecule has 0 fully saturated rings. The second kappa shape index (κ2) is 8.99. The number of aryl methyl sites for hydroxylation is 1. The van der Waals surface area contributed by atoms with E-state index in [0.29, 0.717) is 0 Å². The Bertz CT molecular complexity index is 1300. The van der Waals surface area contributed by atoms with E-state index in [1.165, 1.54) is 11.3 Å². The minimum atomic E-state index is -3.74. The second-order valence-electron chi connectivity index (χ2n) is 10.8. The van der Waals surface area contributed by atoms with Crippen LogP contribution in [0.3, 0.4) is 0 Å². The molecule has 1 aliphatic carbocycles. The lowest BCUT2D eigenvalue weighted by Crippen LogP contribution is -2.48. The van der Waals surface area contributed by atoms with Crippen LogP contribution in [0.2, 0.25) is 18.1 Å². The van der Waals surface area contributed by atoms with Gasteiger partial charge in [0, 0.05) is 17.8 Å². The number of sulfonamides is 1. The highest BCUT2D eigenvalue weighted by Crippen LogP contribution is 2.42. The van der Waals surface area contributed by atoms with Crippen LogP contribution in [0.5, 0.6) is 0 Å². The normalized spacial score (nSPS) is 15.2. The van der Waals surface area contributed by atoms with Crippen LogP contribution < -0.4 is 4.72 Å². The smallest absolute Gasteiger partial charge is 0.241 e. The van der Waals surface area contributed by atoms with Gasteiger partial charge in [-0.05, 0) is 47.7 Å². The Balaban J connectivity index is 1.92. The van der Waals surface area contributed by atoms with Crippen LogP contribution in [0.15, 0.2) is 77.7 Å². The maximum absolute atomic E-state index is 13.6. The first-order valence-electron chi connectivity index (χ1n) is 11.9. The lowest BCUT2D eigenvalue weighted by molar-refractivity contribution is 0.567. The monoisotopic (exact) mass is 492 g/mol. The summed E-state index contributed by atoms with van der Waals surface area (Å²) in [6.07, 6.45) is 6.23. The summed E-state index contributed by atoms with van der Waals surface area (Å²) >= 11 is 0. The Labute approximate surface area is 205 Å². The molecule has 6 heteroatoms. The van der Waals surface area contributed by atoms with E-state index >= 15 is 0 Å². The molecule has 34 heavy (non-hydrogen) atoms. The zero-order chi connectivity index (χ0) is 24.7. The Morgan fingerprint density at radius 2 is 1.56 bits per heavy atom. The Kier molecular flexibility index (Phi) is 6.53. The van der Waals surface area contributed by atoms with E-state index in [-0.39, 0.29) is 9.93 Å². The minimum absolute atomic E-state index is 0.0901. The SMILES string of the molecule is Cc1ccc(S(=O)(=O)NC(c2ccccc2)c2cc3c(n2[Si](C)(C)C(C)(C)C)CC=CC3)cc1. The summed E-state index contributed by atoms with van der Waals surface area (Å²) < 4.78 is 32.8. The van der Waals surface area contributed by atoms with Crippen LogP contribution in [0, 0.1) is 6.92 Å². The van der Waals surface area contributed by atoms with Crippen molar-refractivity contribution in [1.29, 1.82) is 0 Å². The molecule has 1 atom stereocenters. The highest BCUT2D eigenvalue weighted by atomic mass is 32.2. The highest BCUT2D eigenvalue weighted by molar-refractivity contribution is 7.89. The number of hydrogen-bond acceptors (Lipinski definition) is 2. The molecule has 1 aliphatic rings. The molecule has 0 radical (unpaired) electrons. The molecule has 3 aromatic rings. The van der Waals surface area contributed by atoms with E-state index in [1.807, 2.05) is 49.4 Å². The fourth-order valence-electron chi connectivity index (χ4n) is 4.52. The topological polar surface area (TPSA) is 51.1 Å². The van der Waals surface area contributed by atoms with Crippen LogP contribution in [0.25, 0.3) is 0 Å². The van der Waals surface area contributed by atoms with Crippen molar-refractivity contribution in [2.75, 3.05) is 0 Å². The van der Waals surface area contributed by atoms with Crippen molar-refractivity contribution < 1.29 is 8.42 Å². The quantitative estimate of drug-likeness (QED) is 0.321. The van der Waals surface area contributed by atoms with Gasteiger partial charge in [0.2, 0.25) is 10.0 Å². The van der Waals surface area contributed by atoms with Gasteiger partial charge in [0.1, 0.15) is 0 Å². The van der Waals surface area contributed by atoms with Gasteiger partial charge in [-0.2, -0.15) is 4.72 Å². The van der Waals surface area contributed by atoms with Crippen molar-refractivity contribution in [1.82, 2.24) is 8.95 Å². The molecule has 0 saturated heterocycles. The first-order chi connectivity index (χ1) is 15.9. The Morgan fingerprint density at radius 3 is 2.18 bits per heavy atom. The average Bonchev–Trinajstić information content (AvgIpc) is 3.17. The van der Waals surface area contributed by atoms with Gasteiger partial charge in [-0.25, -0.2) is 8.42 Å². The fourth-order valence-corrected chi connectivity index (χ4v) is 8.14. The van der Waals surface area contributed by atoms with Gasteiger partial charge in [-0.3, -0.25) is 0 Å². The van der Waals surface area contributed by atoms with Crippen LogP contribution in [-0.2, 0) is 22.9 Å². The zero-order valence-electron chi connectivity index (χ0n) is 21.1. The van der Waals surface area contributed by atoms with E-state index in [2.05, 4.69) is 61.0 Å². The van der Waals surface area contributed by atoms with Crippen molar-refractivity contribution in [3.63, 3.8) is 0 Å². The first kappa shape index (κ1) is 24.7. The highest BCUT2D eigenvalue weighted by Gasteiger charge is 2.42. The number of allylic oxidation sites excluding steroid dienone is 2. The number of nitrogens with one attached hydrogen (secondary N) is 1. The van der Waals surface area contributed by atoms with Gasteiger partial charge >= 0.3 is 0 Å². The standard InChI is InChI=1S/C28H36N2O2SSi/c1-21-16-18-24(19-17-21)33(31,32)29-27(22-12-8-7-9-13-22)26-20-23-14-10-11-15-25(23)30(26)34(5,6)28(2,3)4/h7-13,16-20,27,29H,14-15H2,1-6H3. The first-order valence-corrected chi connectivity index (χ1v) is 16.4. The molecular weight excluding hydrogens is 456 g/mol. The van der Waals surface area contributed by atoms with Crippen molar-refractivity contribution >= 4 is 18.3 Å². The van der Waals surface area contributed by atoms with Gasteiger partial charge in [-0.15, -0.1) is 0 Å². The van der Waals surface area contributed by atoms with Crippen LogP contribution in [-0.4, -0.2) is 20.9 Å². The van der Waals surface area contributed by atoms with Crippen LogP contribution in [0.4, 0.5) is 0 Å². The summed E-state index contributed by atoms with van der Waals surface area (Å²) in [5, 5.41) is 0.0901. The zero-order valence-corrected chi connectivity index (χ0v) is 22.9. The molecule has 1 heterocycles. The lowest BCUT2D eigenvalue weighted by atomic mass is 10.0. The number of aromatic nitrogens is 1. The van der Waals surface area contributed by atoms with Crippen molar-refractivity contribution in [2.45, 2.75) is 69.6 Å². The Hall–Kier alpha value is -2.41. The number of benzene rings is 2. The summed E-state index contributed by atoms with van der Waals surface area (Å²) in [4.78, 5) is 0.288. The number of rotatable bonds is 6. The van der Waals surface area contributed by atoms with E-state index in [9.17, 15) is 8.42 Å². The maximum atomic E-state index is 13.6. The lowest BCUT2D eigenvalue weighted by Gasteiger charge is -2.42. The number of nitrogens with zero attached hydrogens (tertiary/aromatic N) is 1. The molecular formula is C28H36N2O2SSi. The van der Waals surface area contributed by atoms with Gasteiger partial charge in [-0.1, -0.05) is 94.0 Å². The molecule has 4 rings (SSSR count). The number of hydrogen-bond donors (Lipinski definition) is 1. The van der Waals surface area contributed by atoms with Crippen LogP contribution in [0.1, 0.15) is 54.9 Å². The molecule has 1 unspecified atom stereocenters. The Morgan fingerprint density at radius 1 is 0.941 bits per heavy atom. The van der Waals surface area contributed by atoms with Crippen molar-refractivity contribution in [3.05, 3.63) is 101 Å². The molecule has 1 aromatic heterocycles.